The summed E-state index contributed by atoms with van der Waals surface area (Å²) in [6.45, 7) is 4.82. The Bertz CT molecular complexity index is 903. The molecule has 0 aromatic heterocycles. The highest BCUT2D eigenvalue weighted by molar-refractivity contribution is 9.10. The molecule has 0 bridgehead atoms. The number of carbonyl (C=O) groups is 1. The van der Waals surface area contributed by atoms with E-state index in [9.17, 15) is 4.79 Å². The number of esters is 1. The second kappa shape index (κ2) is 8.87. The summed E-state index contributed by atoms with van der Waals surface area (Å²) in [7, 11) is 0. The van der Waals surface area contributed by atoms with Crippen molar-refractivity contribution in [2.75, 3.05) is 6.61 Å². The minimum atomic E-state index is -0.404. The van der Waals surface area contributed by atoms with Crippen LogP contribution in [0.5, 0.6) is 11.5 Å². The van der Waals surface area contributed by atoms with Crippen molar-refractivity contribution in [2.45, 2.75) is 13.8 Å². The maximum Gasteiger partial charge on any atom is 0.343 e. The molecule has 0 heterocycles. The quantitative estimate of drug-likeness (QED) is 0.340. The first kappa shape index (κ1) is 19.2. The van der Waals surface area contributed by atoms with Gasteiger partial charge in [0.1, 0.15) is 11.5 Å². The van der Waals surface area contributed by atoms with E-state index in [1.165, 1.54) is 0 Å². The van der Waals surface area contributed by atoms with E-state index in [1.807, 2.05) is 42.5 Å². The highest BCUT2D eigenvalue weighted by Gasteiger charge is 2.12. The largest absolute Gasteiger partial charge is 0.493 e. The lowest BCUT2D eigenvalue weighted by Gasteiger charge is -2.10. The van der Waals surface area contributed by atoms with Crippen molar-refractivity contribution in [3.05, 3.63) is 82.8 Å². The molecule has 3 rings (SSSR count). The summed E-state index contributed by atoms with van der Waals surface area (Å²) in [6, 6.07) is 22.7. The van der Waals surface area contributed by atoms with E-state index in [-0.39, 0.29) is 0 Å². The molecular weight excluding hydrogens is 404 g/mol. The fourth-order valence-corrected chi connectivity index (χ4v) is 2.96. The molecule has 27 heavy (non-hydrogen) atoms. The Balaban J connectivity index is 1.69. The average molecular weight is 425 g/mol. The molecule has 0 amide bonds. The normalized spacial score (nSPS) is 10.7. The summed E-state index contributed by atoms with van der Waals surface area (Å²) < 4.78 is 11.9. The van der Waals surface area contributed by atoms with Crippen molar-refractivity contribution >= 4 is 21.9 Å². The summed E-state index contributed by atoms with van der Waals surface area (Å²) >= 11 is 3.49. The summed E-state index contributed by atoms with van der Waals surface area (Å²) in [5.74, 6) is 1.28. The monoisotopic (exact) mass is 424 g/mol. The molecule has 0 aliphatic heterocycles. The summed E-state index contributed by atoms with van der Waals surface area (Å²) in [5, 5.41) is 0. The van der Waals surface area contributed by atoms with Gasteiger partial charge in [0.05, 0.1) is 16.6 Å². The van der Waals surface area contributed by atoms with E-state index >= 15 is 0 Å². The van der Waals surface area contributed by atoms with E-state index in [4.69, 9.17) is 9.47 Å². The van der Waals surface area contributed by atoms with E-state index in [2.05, 4.69) is 29.8 Å². The molecule has 0 aliphatic rings. The van der Waals surface area contributed by atoms with E-state index in [0.29, 0.717) is 23.8 Å². The van der Waals surface area contributed by atoms with Crippen LogP contribution >= 0.6 is 15.9 Å². The van der Waals surface area contributed by atoms with Gasteiger partial charge in [0, 0.05) is 0 Å². The SMILES string of the molecule is CC(C)COc1ccc(C(=O)Oc2ccc(-c3ccccc3)cc2Br)cc1. The molecule has 0 saturated heterocycles. The van der Waals surface area contributed by atoms with E-state index in [1.54, 1.807) is 30.3 Å². The molecule has 138 valence electrons. The molecule has 0 spiro atoms. The van der Waals surface area contributed by atoms with Crippen LogP contribution < -0.4 is 9.47 Å². The van der Waals surface area contributed by atoms with Gasteiger partial charge < -0.3 is 9.47 Å². The van der Waals surface area contributed by atoms with Crippen LogP contribution in [0.3, 0.4) is 0 Å². The van der Waals surface area contributed by atoms with Gasteiger partial charge >= 0.3 is 5.97 Å². The van der Waals surface area contributed by atoms with Crippen LogP contribution in [0.4, 0.5) is 0 Å². The van der Waals surface area contributed by atoms with Crippen molar-refractivity contribution in [2.24, 2.45) is 5.92 Å². The topological polar surface area (TPSA) is 35.5 Å². The first-order chi connectivity index (χ1) is 13.0. The first-order valence-corrected chi connectivity index (χ1v) is 9.62. The number of halogens is 1. The predicted molar refractivity (Wildman–Crippen MR) is 111 cm³/mol. The Morgan fingerprint density at radius 3 is 2.26 bits per heavy atom. The smallest absolute Gasteiger partial charge is 0.343 e. The first-order valence-electron chi connectivity index (χ1n) is 8.83. The van der Waals surface area contributed by atoms with Crippen LogP contribution in [0, 0.1) is 5.92 Å². The third-order valence-electron chi connectivity index (χ3n) is 3.92. The Kier molecular flexibility index (Phi) is 6.30. The molecule has 0 fully saturated rings. The molecule has 3 aromatic rings. The maximum atomic E-state index is 12.4. The lowest BCUT2D eigenvalue weighted by Crippen LogP contribution is -2.09. The third kappa shape index (κ3) is 5.20. The minimum absolute atomic E-state index is 0.404. The van der Waals surface area contributed by atoms with E-state index in [0.717, 1.165) is 21.3 Å². The summed E-state index contributed by atoms with van der Waals surface area (Å²) in [5.41, 5.74) is 2.63. The van der Waals surface area contributed by atoms with Gasteiger partial charge in [-0.1, -0.05) is 50.2 Å². The van der Waals surface area contributed by atoms with Crippen molar-refractivity contribution in [3.8, 4) is 22.6 Å². The van der Waals surface area contributed by atoms with Crippen LogP contribution in [0.2, 0.25) is 0 Å². The van der Waals surface area contributed by atoms with Crippen molar-refractivity contribution in [1.29, 1.82) is 0 Å². The molecular formula is C23H21BrO3. The highest BCUT2D eigenvalue weighted by Crippen LogP contribution is 2.31. The third-order valence-corrected chi connectivity index (χ3v) is 4.53. The van der Waals surface area contributed by atoms with Gasteiger partial charge in [0.25, 0.3) is 0 Å². The van der Waals surface area contributed by atoms with Crippen molar-refractivity contribution in [1.82, 2.24) is 0 Å². The molecule has 0 aliphatic carbocycles. The second-order valence-corrected chi connectivity index (χ2v) is 7.48. The molecule has 3 nitrogen and oxygen atoms in total. The summed E-state index contributed by atoms with van der Waals surface area (Å²) in [4.78, 5) is 12.4. The van der Waals surface area contributed by atoms with Gasteiger partial charge in [0.15, 0.2) is 0 Å². The average Bonchev–Trinajstić information content (AvgIpc) is 2.69. The standard InChI is InChI=1S/C23H21BrO3/c1-16(2)15-26-20-11-8-18(9-12-20)23(25)27-22-13-10-19(14-21(22)24)17-6-4-3-5-7-17/h3-14,16H,15H2,1-2H3. The van der Waals surface area contributed by atoms with Crippen molar-refractivity contribution < 1.29 is 14.3 Å². The predicted octanol–water partition coefficient (Wildman–Crippen LogP) is 6.37. The zero-order valence-electron chi connectivity index (χ0n) is 15.3. The zero-order chi connectivity index (χ0) is 19.2. The summed E-state index contributed by atoms with van der Waals surface area (Å²) in [6.07, 6.45) is 0. The fourth-order valence-electron chi connectivity index (χ4n) is 2.50. The van der Waals surface area contributed by atoms with Gasteiger partial charge in [0.2, 0.25) is 0 Å². The Hall–Kier alpha value is -2.59. The highest BCUT2D eigenvalue weighted by atomic mass is 79.9. The lowest BCUT2D eigenvalue weighted by molar-refractivity contribution is 0.0733. The second-order valence-electron chi connectivity index (χ2n) is 6.63. The Labute approximate surface area is 168 Å². The van der Waals surface area contributed by atoms with Crippen LogP contribution in [-0.2, 0) is 0 Å². The van der Waals surface area contributed by atoms with Crippen LogP contribution in [0.25, 0.3) is 11.1 Å². The molecule has 0 radical (unpaired) electrons. The maximum absolute atomic E-state index is 12.4. The van der Waals surface area contributed by atoms with Gasteiger partial charge in [-0.3, -0.25) is 0 Å². The zero-order valence-corrected chi connectivity index (χ0v) is 16.9. The van der Waals surface area contributed by atoms with Gasteiger partial charge in [-0.2, -0.15) is 0 Å². The number of hydrogen-bond acceptors (Lipinski definition) is 3. The van der Waals surface area contributed by atoms with Gasteiger partial charge in [-0.05, 0) is 69.4 Å². The number of hydrogen-bond donors (Lipinski definition) is 0. The fraction of sp³-hybridized carbons (Fsp3) is 0.174. The molecule has 4 heteroatoms. The van der Waals surface area contributed by atoms with E-state index < -0.39 is 5.97 Å². The number of rotatable bonds is 6. The molecule has 0 atom stereocenters. The van der Waals surface area contributed by atoms with Crippen LogP contribution in [0.15, 0.2) is 77.3 Å². The Morgan fingerprint density at radius 2 is 1.63 bits per heavy atom. The number of ether oxygens (including phenoxy) is 2. The van der Waals surface area contributed by atoms with Crippen LogP contribution in [-0.4, -0.2) is 12.6 Å². The van der Waals surface area contributed by atoms with Gasteiger partial charge in [-0.25, -0.2) is 4.79 Å². The molecule has 3 aromatic carbocycles. The number of benzene rings is 3. The number of carbonyl (C=O) groups excluding carboxylic acids is 1. The molecule has 0 saturated carbocycles. The van der Waals surface area contributed by atoms with Crippen LogP contribution in [0.1, 0.15) is 24.2 Å². The minimum Gasteiger partial charge on any atom is -0.493 e. The Morgan fingerprint density at radius 1 is 0.926 bits per heavy atom. The lowest BCUT2D eigenvalue weighted by atomic mass is 10.1. The van der Waals surface area contributed by atoms with Crippen molar-refractivity contribution in [3.63, 3.8) is 0 Å². The molecule has 0 unspecified atom stereocenters. The molecule has 0 N–H and O–H groups in total. The van der Waals surface area contributed by atoms with Gasteiger partial charge in [-0.15, -0.1) is 0 Å².